The summed E-state index contributed by atoms with van der Waals surface area (Å²) < 4.78 is 11.4. The first-order valence-corrected chi connectivity index (χ1v) is 10.1. The molecule has 0 bridgehead atoms. The lowest BCUT2D eigenvalue weighted by molar-refractivity contribution is -0.115. The molecule has 2 heterocycles. The number of thiocarbonyl (C=S) groups is 1. The molecule has 0 aliphatic carbocycles. The summed E-state index contributed by atoms with van der Waals surface area (Å²) in [4.78, 5) is 17.4. The van der Waals surface area contributed by atoms with Gasteiger partial charge in [0.05, 0.1) is 30.3 Å². The number of rotatable bonds is 4. The van der Waals surface area contributed by atoms with Crippen molar-refractivity contribution in [3.63, 3.8) is 0 Å². The summed E-state index contributed by atoms with van der Waals surface area (Å²) in [7, 11) is 3.28. The molecule has 29 heavy (non-hydrogen) atoms. The van der Waals surface area contributed by atoms with Crippen LogP contribution >= 0.6 is 24.0 Å². The van der Waals surface area contributed by atoms with Crippen LogP contribution in [0.15, 0.2) is 47.4 Å². The van der Waals surface area contributed by atoms with Crippen LogP contribution < -0.4 is 14.8 Å². The van der Waals surface area contributed by atoms with E-state index in [1.165, 1.54) is 11.8 Å². The quantitative estimate of drug-likeness (QED) is 0.485. The van der Waals surface area contributed by atoms with Gasteiger partial charge in [-0.15, -0.1) is 0 Å². The normalized spacial score (nSPS) is 15.1. The number of nitrogens with one attached hydrogen (secondary N) is 1. The van der Waals surface area contributed by atoms with Crippen molar-refractivity contribution in [2.45, 2.75) is 6.92 Å². The third-order valence-corrected chi connectivity index (χ3v) is 5.79. The van der Waals surface area contributed by atoms with E-state index in [1.807, 2.05) is 49.4 Å². The number of thioether (sulfide) groups is 1. The number of hydrogen-bond acceptors (Lipinski definition) is 6. The van der Waals surface area contributed by atoms with Gasteiger partial charge in [-0.1, -0.05) is 30.0 Å². The molecule has 4 rings (SSSR count). The predicted octanol–water partition coefficient (Wildman–Crippen LogP) is 4.72. The van der Waals surface area contributed by atoms with Crippen LogP contribution in [0.4, 0.5) is 0 Å². The van der Waals surface area contributed by atoms with Crippen molar-refractivity contribution in [1.82, 2.24) is 10.3 Å². The molecule has 1 aliphatic heterocycles. The number of carbonyl (C=O) groups is 1. The Morgan fingerprint density at radius 3 is 2.62 bits per heavy atom. The second kappa shape index (κ2) is 7.85. The number of methoxy groups -OCH3 is 2. The highest BCUT2D eigenvalue weighted by Crippen LogP contribution is 2.35. The molecule has 1 aromatic heterocycles. The third kappa shape index (κ3) is 3.83. The van der Waals surface area contributed by atoms with E-state index in [4.69, 9.17) is 26.7 Å². The Balaban J connectivity index is 1.83. The summed E-state index contributed by atoms with van der Waals surface area (Å²) >= 11 is 6.32. The maximum Gasteiger partial charge on any atom is 0.263 e. The van der Waals surface area contributed by atoms with E-state index in [2.05, 4.69) is 11.4 Å². The second-order valence-corrected chi connectivity index (χ2v) is 8.24. The minimum Gasteiger partial charge on any atom is -0.497 e. The Labute approximate surface area is 178 Å². The highest BCUT2D eigenvalue weighted by Gasteiger charge is 2.22. The Bertz CT molecular complexity index is 1190. The predicted molar refractivity (Wildman–Crippen MR) is 121 cm³/mol. The molecule has 0 atom stereocenters. The molecule has 3 aromatic rings. The number of pyridine rings is 1. The zero-order valence-electron chi connectivity index (χ0n) is 16.1. The van der Waals surface area contributed by atoms with Crippen molar-refractivity contribution in [3.8, 4) is 22.8 Å². The molecule has 1 amide bonds. The van der Waals surface area contributed by atoms with Crippen LogP contribution in [0.2, 0.25) is 0 Å². The molecular weight excluding hydrogens is 404 g/mol. The largest absolute Gasteiger partial charge is 0.497 e. The van der Waals surface area contributed by atoms with Crippen LogP contribution in [0.3, 0.4) is 0 Å². The van der Waals surface area contributed by atoms with Crippen molar-refractivity contribution < 1.29 is 14.3 Å². The van der Waals surface area contributed by atoms with Gasteiger partial charge in [0.1, 0.15) is 15.8 Å². The lowest BCUT2D eigenvalue weighted by Gasteiger charge is -2.13. The molecule has 7 heteroatoms. The molecule has 0 spiro atoms. The number of amides is 1. The fraction of sp³-hybridized carbons (Fsp3) is 0.136. The van der Waals surface area contributed by atoms with Crippen molar-refractivity contribution >= 4 is 51.2 Å². The number of benzene rings is 2. The van der Waals surface area contributed by atoms with Crippen LogP contribution in [-0.2, 0) is 4.79 Å². The van der Waals surface area contributed by atoms with Crippen molar-refractivity contribution in [1.29, 1.82) is 0 Å². The molecule has 0 saturated carbocycles. The molecule has 1 aliphatic rings. The van der Waals surface area contributed by atoms with Gasteiger partial charge in [-0.25, -0.2) is 4.98 Å². The first-order chi connectivity index (χ1) is 14.0. The van der Waals surface area contributed by atoms with Crippen LogP contribution in [0.1, 0.15) is 11.1 Å². The molecule has 0 unspecified atom stereocenters. The summed E-state index contributed by atoms with van der Waals surface area (Å²) in [5.41, 5.74) is 4.46. The van der Waals surface area contributed by atoms with Crippen molar-refractivity contribution in [3.05, 3.63) is 58.5 Å². The number of ether oxygens (including phenoxy) is 2. The number of carbonyl (C=O) groups excluding carboxylic acids is 1. The van der Waals surface area contributed by atoms with Gasteiger partial charge in [-0.2, -0.15) is 0 Å². The van der Waals surface area contributed by atoms with Crippen molar-refractivity contribution in [2.75, 3.05) is 14.2 Å². The first kappa shape index (κ1) is 19.4. The number of fused-ring (bicyclic) bond motifs is 1. The Morgan fingerprint density at radius 1 is 1.10 bits per heavy atom. The van der Waals surface area contributed by atoms with Crippen LogP contribution in [0.5, 0.6) is 11.5 Å². The standard InChI is InChI=1S/C22H18N2O3S2/c1-12-8-14-11-15(26-2)5-6-17(14)23-20(12)16-9-13(4-7-18(16)27-3)10-19-21(25)24-22(28)29-19/h4-11H,1-3H3,(H,24,25,28). The van der Waals surface area contributed by atoms with Gasteiger partial charge >= 0.3 is 0 Å². The molecule has 1 fully saturated rings. The molecule has 1 N–H and O–H groups in total. The van der Waals surface area contributed by atoms with Crippen LogP contribution in [0.25, 0.3) is 28.2 Å². The number of aromatic nitrogens is 1. The van der Waals surface area contributed by atoms with Gasteiger partial charge in [0.2, 0.25) is 0 Å². The Hall–Kier alpha value is -2.90. The van der Waals surface area contributed by atoms with Gasteiger partial charge in [-0.3, -0.25) is 4.79 Å². The molecule has 5 nitrogen and oxygen atoms in total. The monoisotopic (exact) mass is 422 g/mol. The highest BCUT2D eigenvalue weighted by atomic mass is 32.2. The topological polar surface area (TPSA) is 60.5 Å². The van der Waals surface area contributed by atoms with Crippen molar-refractivity contribution in [2.24, 2.45) is 0 Å². The van der Waals surface area contributed by atoms with Gasteiger partial charge in [0.15, 0.2) is 0 Å². The van der Waals surface area contributed by atoms with Crippen LogP contribution in [0, 0.1) is 6.92 Å². The van der Waals surface area contributed by atoms with E-state index < -0.39 is 0 Å². The summed E-state index contributed by atoms with van der Waals surface area (Å²) in [6, 6.07) is 13.7. The van der Waals surface area contributed by atoms with Gasteiger partial charge in [-0.05, 0) is 60.5 Å². The molecule has 146 valence electrons. The van der Waals surface area contributed by atoms with E-state index in [-0.39, 0.29) is 5.91 Å². The second-order valence-electron chi connectivity index (χ2n) is 6.52. The number of nitrogens with zero attached hydrogens (tertiary/aromatic N) is 1. The lowest BCUT2D eigenvalue weighted by atomic mass is 10.0. The molecule has 2 aromatic carbocycles. The smallest absolute Gasteiger partial charge is 0.263 e. The van der Waals surface area contributed by atoms with E-state index in [0.717, 1.165) is 44.8 Å². The molecule has 1 saturated heterocycles. The number of hydrogen-bond donors (Lipinski definition) is 1. The average molecular weight is 423 g/mol. The van der Waals surface area contributed by atoms with Gasteiger partial charge in [0, 0.05) is 10.9 Å². The SMILES string of the molecule is COc1ccc2nc(-c3cc(C=C4SC(=S)NC4=O)ccc3OC)c(C)cc2c1. The average Bonchev–Trinajstić information content (AvgIpc) is 3.03. The fourth-order valence-electron chi connectivity index (χ4n) is 3.23. The fourth-order valence-corrected chi connectivity index (χ4v) is 4.28. The summed E-state index contributed by atoms with van der Waals surface area (Å²) in [6.07, 6.45) is 1.82. The van der Waals surface area contributed by atoms with E-state index in [0.29, 0.717) is 9.23 Å². The minimum absolute atomic E-state index is 0.175. The zero-order valence-corrected chi connectivity index (χ0v) is 17.7. The zero-order chi connectivity index (χ0) is 20.5. The third-order valence-electron chi connectivity index (χ3n) is 4.63. The Kier molecular flexibility index (Phi) is 5.25. The highest BCUT2D eigenvalue weighted by molar-refractivity contribution is 8.26. The maximum atomic E-state index is 12.0. The van der Waals surface area contributed by atoms with E-state index in [9.17, 15) is 4.79 Å². The number of aryl methyl sites for hydroxylation is 1. The lowest BCUT2D eigenvalue weighted by Crippen LogP contribution is -2.17. The minimum atomic E-state index is -0.175. The first-order valence-electron chi connectivity index (χ1n) is 8.87. The molecular formula is C22H18N2O3S2. The Morgan fingerprint density at radius 2 is 1.93 bits per heavy atom. The van der Waals surface area contributed by atoms with Gasteiger partial charge in [0.25, 0.3) is 5.91 Å². The van der Waals surface area contributed by atoms with Gasteiger partial charge < -0.3 is 14.8 Å². The summed E-state index contributed by atoms with van der Waals surface area (Å²) in [6.45, 7) is 2.02. The van der Waals surface area contributed by atoms with E-state index in [1.54, 1.807) is 14.2 Å². The maximum absolute atomic E-state index is 12.0. The van der Waals surface area contributed by atoms with E-state index >= 15 is 0 Å². The summed E-state index contributed by atoms with van der Waals surface area (Å²) in [5, 5.41) is 3.64. The molecule has 0 radical (unpaired) electrons. The summed E-state index contributed by atoms with van der Waals surface area (Å²) in [5.74, 6) is 1.34. The van der Waals surface area contributed by atoms with Crippen LogP contribution in [-0.4, -0.2) is 29.4 Å².